The lowest BCUT2D eigenvalue weighted by molar-refractivity contribution is 0.0728. The minimum atomic E-state index is -0.463. The quantitative estimate of drug-likeness (QED) is 0.673. The van der Waals surface area contributed by atoms with Crippen LogP contribution in [0.15, 0.2) is 36.5 Å². The van der Waals surface area contributed by atoms with Crippen LogP contribution >= 0.6 is 0 Å². The molecular weight excluding hydrogens is 373 g/mol. The van der Waals surface area contributed by atoms with Gasteiger partial charge in [0, 0.05) is 31.0 Å². The lowest BCUT2D eigenvalue weighted by atomic mass is 10.1. The summed E-state index contributed by atoms with van der Waals surface area (Å²) < 4.78 is 21.3. The predicted octanol–water partition coefficient (Wildman–Crippen LogP) is 3.74. The van der Waals surface area contributed by atoms with E-state index in [0.29, 0.717) is 23.6 Å². The Morgan fingerprint density at radius 1 is 1.24 bits per heavy atom. The van der Waals surface area contributed by atoms with Gasteiger partial charge in [-0.25, -0.2) is 9.37 Å². The summed E-state index contributed by atoms with van der Waals surface area (Å²) in [7, 11) is 1.81. The maximum absolute atomic E-state index is 13.9. The third kappa shape index (κ3) is 3.70. The number of hydrogen-bond acceptors (Lipinski definition) is 5. The standard InChI is InChI=1S/C21H22FN5O2/c1-13-11-19(29-18-9-5-4-7-16(18)22)25-20(24-13)17-8-6-10-27(17)21(28)15-12-23-26(3)14(15)2/h4-5,7,9,11-12,17H,6,8,10H2,1-3H3. The zero-order chi connectivity index (χ0) is 20.5. The molecule has 29 heavy (non-hydrogen) atoms. The summed E-state index contributed by atoms with van der Waals surface area (Å²) in [5, 5.41) is 4.17. The molecule has 0 bridgehead atoms. The number of halogens is 1. The Bertz CT molecular complexity index is 1060. The van der Waals surface area contributed by atoms with E-state index < -0.39 is 5.82 Å². The molecule has 3 aromatic rings. The molecule has 1 aromatic carbocycles. The number of nitrogens with zero attached hydrogens (tertiary/aromatic N) is 5. The molecule has 0 radical (unpaired) electrons. The van der Waals surface area contributed by atoms with Crippen LogP contribution in [0.25, 0.3) is 0 Å². The molecule has 0 saturated carbocycles. The molecule has 150 valence electrons. The molecule has 1 fully saturated rings. The molecule has 4 rings (SSSR count). The van der Waals surface area contributed by atoms with E-state index in [1.54, 1.807) is 40.0 Å². The van der Waals surface area contributed by atoms with E-state index in [2.05, 4.69) is 15.1 Å². The number of para-hydroxylation sites is 1. The molecule has 1 unspecified atom stereocenters. The van der Waals surface area contributed by atoms with Crippen molar-refractivity contribution in [3.05, 3.63) is 65.1 Å². The van der Waals surface area contributed by atoms with Crippen LogP contribution in [-0.4, -0.2) is 37.1 Å². The monoisotopic (exact) mass is 395 g/mol. The maximum Gasteiger partial charge on any atom is 0.257 e. The number of carbonyl (C=O) groups excluding carboxylic acids is 1. The highest BCUT2D eigenvalue weighted by Gasteiger charge is 2.34. The molecule has 2 aromatic heterocycles. The zero-order valence-corrected chi connectivity index (χ0v) is 16.6. The van der Waals surface area contributed by atoms with E-state index in [1.165, 1.54) is 6.07 Å². The van der Waals surface area contributed by atoms with Gasteiger partial charge in [0.1, 0.15) is 0 Å². The van der Waals surface area contributed by atoms with Gasteiger partial charge in [0.2, 0.25) is 5.88 Å². The number of likely N-dealkylation sites (tertiary alicyclic amines) is 1. The fourth-order valence-corrected chi connectivity index (χ4v) is 3.54. The van der Waals surface area contributed by atoms with Crippen molar-refractivity contribution in [2.45, 2.75) is 32.7 Å². The van der Waals surface area contributed by atoms with Gasteiger partial charge in [-0.05, 0) is 38.8 Å². The molecule has 0 spiro atoms. The Hall–Kier alpha value is -3.29. The summed E-state index contributed by atoms with van der Waals surface area (Å²) >= 11 is 0. The van der Waals surface area contributed by atoms with Crippen LogP contribution in [0, 0.1) is 19.7 Å². The number of aromatic nitrogens is 4. The van der Waals surface area contributed by atoms with Gasteiger partial charge in [0.15, 0.2) is 17.4 Å². The van der Waals surface area contributed by atoms with Crippen molar-refractivity contribution >= 4 is 5.91 Å². The average molecular weight is 395 g/mol. The van der Waals surface area contributed by atoms with Gasteiger partial charge in [-0.3, -0.25) is 9.48 Å². The van der Waals surface area contributed by atoms with E-state index in [1.807, 2.05) is 20.9 Å². The van der Waals surface area contributed by atoms with Gasteiger partial charge < -0.3 is 9.64 Å². The molecule has 8 heteroatoms. The molecule has 0 aliphatic carbocycles. The summed E-state index contributed by atoms with van der Waals surface area (Å²) in [6.07, 6.45) is 3.21. The first-order valence-electron chi connectivity index (χ1n) is 9.51. The molecule has 1 atom stereocenters. The maximum atomic E-state index is 13.9. The van der Waals surface area contributed by atoms with Gasteiger partial charge in [0.25, 0.3) is 5.91 Å². The van der Waals surface area contributed by atoms with E-state index in [-0.39, 0.29) is 23.6 Å². The molecule has 7 nitrogen and oxygen atoms in total. The number of amides is 1. The molecule has 3 heterocycles. The molecule has 1 aliphatic heterocycles. The van der Waals surface area contributed by atoms with Crippen LogP contribution in [0.4, 0.5) is 4.39 Å². The van der Waals surface area contributed by atoms with Crippen molar-refractivity contribution in [1.82, 2.24) is 24.6 Å². The number of benzene rings is 1. The van der Waals surface area contributed by atoms with Gasteiger partial charge >= 0.3 is 0 Å². The first kappa shape index (κ1) is 19.0. The molecule has 0 N–H and O–H groups in total. The van der Waals surface area contributed by atoms with Crippen molar-refractivity contribution in [3.63, 3.8) is 0 Å². The Labute approximate surface area is 168 Å². The number of hydrogen-bond donors (Lipinski definition) is 0. The topological polar surface area (TPSA) is 73.1 Å². The number of rotatable bonds is 4. The second-order valence-corrected chi connectivity index (χ2v) is 7.16. The van der Waals surface area contributed by atoms with E-state index >= 15 is 0 Å². The van der Waals surface area contributed by atoms with Crippen molar-refractivity contribution in [2.24, 2.45) is 7.05 Å². The van der Waals surface area contributed by atoms with Crippen LogP contribution in [0.2, 0.25) is 0 Å². The number of aryl methyl sites for hydroxylation is 2. The smallest absolute Gasteiger partial charge is 0.257 e. The summed E-state index contributed by atoms with van der Waals surface area (Å²) in [5.74, 6) is 0.315. The van der Waals surface area contributed by atoms with Gasteiger partial charge in [0.05, 0.1) is 17.8 Å². The van der Waals surface area contributed by atoms with Crippen molar-refractivity contribution in [1.29, 1.82) is 0 Å². The van der Waals surface area contributed by atoms with E-state index in [9.17, 15) is 9.18 Å². The molecular formula is C21H22FN5O2. The van der Waals surface area contributed by atoms with Crippen LogP contribution in [0.1, 0.15) is 46.5 Å². The Kier molecular flexibility index (Phi) is 5.00. The summed E-state index contributed by atoms with van der Waals surface area (Å²) in [6, 6.07) is 7.57. The second-order valence-electron chi connectivity index (χ2n) is 7.16. The minimum Gasteiger partial charge on any atom is -0.436 e. The zero-order valence-electron chi connectivity index (χ0n) is 16.6. The molecule has 1 saturated heterocycles. The normalized spacial score (nSPS) is 16.3. The Morgan fingerprint density at radius 3 is 2.76 bits per heavy atom. The third-order valence-electron chi connectivity index (χ3n) is 5.18. The average Bonchev–Trinajstić information content (AvgIpc) is 3.30. The summed E-state index contributed by atoms with van der Waals surface area (Å²) in [6.45, 7) is 4.32. The van der Waals surface area contributed by atoms with Crippen LogP contribution < -0.4 is 4.74 Å². The first-order chi connectivity index (χ1) is 13.9. The fourth-order valence-electron chi connectivity index (χ4n) is 3.54. The summed E-state index contributed by atoms with van der Waals surface area (Å²) in [5.41, 5.74) is 2.09. The van der Waals surface area contributed by atoms with Crippen LogP contribution in [0.5, 0.6) is 11.6 Å². The van der Waals surface area contributed by atoms with Gasteiger partial charge in [-0.15, -0.1) is 0 Å². The third-order valence-corrected chi connectivity index (χ3v) is 5.18. The summed E-state index contributed by atoms with van der Waals surface area (Å²) in [4.78, 5) is 23.9. The highest BCUT2D eigenvalue weighted by Crippen LogP contribution is 2.33. The Balaban J connectivity index is 1.63. The lowest BCUT2D eigenvalue weighted by Gasteiger charge is -2.24. The van der Waals surface area contributed by atoms with Crippen molar-refractivity contribution in [2.75, 3.05) is 6.54 Å². The number of ether oxygens (including phenoxy) is 1. The minimum absolute atomic E-state index is 0.0835. The van der Waals surface area contributed by atoms with Crippen LogP contribution in [0.3, 0.4) is 0 Å². The Morgan fingerprint density at radius 2 is 2.03 bits per heavy atom. The van der Waals surface area contributed by atoms with Crippen molar-refractivity contribution in [3.8, 4) is 11.6 Å². The largest absolute Gasteiger partial charge is 0.436 e. The number of carbonyl (C=O) groups is 1. The highest BCUT2D eigenvalue weighted by molar-refractivity contribution is 5.95. The fraction of sp³-hybridized carbons (Fsp3) is 0.333. The van der Waals surface area contributed by atoms with Crippen molar-refractivity contribution < 1.29 is 13.9 Å². The second kappa shape index (κ2) is 7.62. The first-order valence-corrected chi connectivity index (χ1v) is 9.51. The predicted molar refractivity (Wildman–Crippen MR) is 104 cm³/mol. The van der Waals surface area contributed by atoms with E-state index in [4.69, 9.17) is 4.74 Å². The van der Waals surface area contributed by atoms with Crippen LogP contribution in [-0.2, 0) is 7.05 Å². The SMILES string of the molecule is Cc1cc(Oc2ccccc2F)nc(C2CCCN2C(=O)c2cnn(C)c2C)n1. The molecule has 1 amide bonds. The van der Waals surface area contributed by atoms with E-state index in [0.717, 1.165) is 18.5 Å². The lowest BCUT2D eigenvalue weighted by Crippen LogP contribution is -2.32. The van der Waals surface area contributed by atoms with Gasteiger partial charge in [-0.2, -0.15) is 10.1 Å². The van der Waals surface area contributed by atoms with Gasteiger partial charge in [-0.1, -0.05) is 12.1 Å². The highest BCUT2D eigenvalue weighted by atomic mass is 19.1. The molecule has 1 aliphatic rings.